The molecule has 21 heavy (non-hydrogen) atoms. The molecule has 0 aromatic heterocycles. The first-order valence-electron chi connectivity index (χ1n) is 7.59. The lowest BCUT2D eigenvalue weighted by atomic mass is 9.97. The van der Waals surface area contributed by atoms with E-state index in [2.05, 4.69) is 28.4 Å². The van der Waals surface area contributed by atoms with Gasteiger partial charge in [-0.2, -0.15) is 0 Å². The van der Waals surface area contributed by atoms with Crippen molar-refractivity contribution in [2.45, 2.75) is 12.5 Å². The number of hydrogen-bond donors (Lipinski definition) is 1. The van der Waals surface area contributed by atoms with Gasteiger partial charge in [0.15, 0.2) is 0 Å². The second kappa shape index (κ2) is 7.02. The normalized spacial score (nSPS) is 22.6. The Bertz CT molecular complexity index is 486. The molecule has 3 rings (SSSR count). The number of amides is 1. The van der Waals surface area contributed by atoms with Crippen LogP contribution in [0.25, 0.3) is 0 Å². The van der Waals surface area contributed by atoms with Crippen molar-refractivity contribution in [3.05, 3.63) is 35.4 Å². The highest BCUT2D eigenvalue weighted by Gasteiger charge is 2.21. The average Bonchev–Trinajstić information content (AvgIpc) is 2.54. The molecule has 0 spiro atoms. The minimum atomic E-state index is -0.0245. The highest BCUT2D eigenvalue weighted by Crippen LogP contribution is 2.26. The van der Waals surface area contributed by atoms with Crippen LogP contribution in [0.4, 0.5) is 0 Å². The molecule has 114 valence electrons. The van der Waals surface area contributed by atoms with Gasteiger partial charge in [-0.25, -0.2) is 0 Å². The van der Waals surface area contributed by atoms with Crippen molar-refractivity contribution >= 4 is 5.91 Å². The van der Waals surface area contributed by atoms with Crippen LogP contribution in [0, 0.1) is 0 Å². The fourth-order valence-electron chi connectivity index (χ4n) is 2.87. The highest BCUT2D eigenvalue weighted by molar-refractivity contribution is 5.78. The fraction of sp³-hybridized carbons (Fsp3) is 0.562. The first-order valence-corrected chi connectivity index (χ1v) is 7.59. The molecular formula is C16H22N2O3. The average molecular weight is 290 g/mol. The molecule has 2 aliphatic rings. The lowest BCUT2D eigenvalue weighted by Crippen LogP contribution is -2.44. The van der Waals surface area contributed by atoms with Crippen molar-refractivity contribution in [2.75, 3.05) is 46.0 Å². The number of carbonyl (C=O) groups excluding carboxylic acids is 1. The summed E-state index contributed by atoms with van der Waals surface area (Å²) < 4.78 is 11.1. The predicted octanol–water partition coefficient (Wildman–Crippen LogP) is 0.749. The summed E-state index contributed by atoms with van der Waals surface area (Å²) in [5.74, 6) is 0.0588. The van der Waals surface area contributed by atoms with Gasteiger partial charge in [-0.15, -0.1) is 0 Å². The van der Waals surface area contributed by atoms with Crippen LogP contribution in [-0.4, -0.2) is 56.8 Å². The quantitative estimate of drug-likeness (QED) is 0.889. The molecule has 1 aromatic carbocycles. The predicted molar refractivity (Wildman–Crippen MR) is 79.1 cm³/mol. The van der Waals surface area contributed by atoms with Gasteiger partial charge in [0, 0.05) is 19.6 Å². The molecule has 1 atom stereocenters. The monoisotopic (exact) mass is 290 g/mol. The molecule has 1 N–H and O–H groups in total. The van der Waals surface area contributed by atoms with Gasteiger partial charge in [-0.05, 0) is 17.5 Å². The van der Waals surface area contributed by atoms with Gasteiger partial charge in [0.05, 0.1) is 26.4 Å². The summed E-state index contributed by atoms with van der Waals surface area (Å²) in [6, 6.07) is 8.31. The summed E-state index contributed by atoms with van der Waals surface area (Å²) in [6.07, 6.45) is 0.928. The lowest BCUT2D eigenvalue weighted by Gasteiger charge is -2.28. The van der Waals surface area contributed by atoms with E-state index in [-0.39, 0.29) is 12.0 Å². The summed E-state index contributed by atoms with van der Waals surface area (Å²) in [5.41, 5.74) is 2.53. The van der Waals surface area contributed by atoms with Gasteiger partial charge in [-0.1, -0.05) is 24.3 Å². The van der Waals surface area contributed by atoms with Crippen LogP contribution in [0.3, 0.4) is 0 Å². The van der Waals surface area contributed by atoms with Crippen LogP contribution in [-0.2, 0) is 20.7 Å². The topological polar surface area (TPSA) is 50.8 Å². The molecule has 1 unspecified atom stereocenters. The molecule has 0 saturated carbocycles. The van der Waals surface area contributed by atoms with E-state index in [0.29, 0.717) is 26.3 Å². The summed E-state index contributed by atoms with van der Waals surface area (Å²) >= 11 is 0. The second-order valence-corrected chi connectivity index (χ2v) is 5.50. The van der Waals surface area contributed by atoms with E-state index in [1.807, 2.05) is 6.07 Å². The number of hydrogen-bond acceptors (Lipinski definition) is 4. The minimum absolute atomic E-state index is 0.0245. The van der Waals surface area contributed by atoms with Gasteiger partial charge >= 0.3 is 0 Å². The van der Waals surface area contributed by atoms with Crippen LogP contribution < -0.4 is 5.32 Å². The number of morpholine rings is 1. The van der Waals surface area contributed by atoms with Crippen LogP contribution in [0.15, 0.2) is 24.3 Å². The van der Waals surface area contributed by atoms with Gasteiger partial charge < -0.3 is 14.8 Å². The molecule has 0 radical (unpaired) electrons. The second-order valence-electron chi connectivity index (χ2n) is 5.50. The maximum Gasteiger partial charge on any atom is 0.234 e. The molecule has 0 aliphatic carbocycles. The molecule has 5 heteroatoms. The van der Waals surface area contributed by atoms with E-state index >= 15 is 0 Å². The molecule has 1 fully saturated rings. The van der Waals surface area contributed by atoms with Gasteiger partial charge in [0.2, 0.25) is 5.91 Å². The summed E-state index contributed by atoms with van der Waals surface area (Å²) in [4.78, 5) is 14.1. The van der Waals surface area contributed by atoms with Crippen LogP contribution in [0.1, 0.15) is 17.2 Å². The van der Waals surface area contributed by atoms with Crippen molar-refractivity contribution in [3.63, 3.8) is 0 Å². The maximum absolute atomic E-state index is 12.0. The van der Waals surface area contributed by atoms with E-state index < -0.39 is 0 Å². The first kappa shape index (κ1) is 14.5. The smallest absolute Gasteiger partial charge is 0.234 e. The molecule has 1 amide bonds. The van der Waals surface area contributed by atoms with Crippen molar-refractivity contribution in [2.24, 2.45) is 0 Å². The van der Waals surface area contributed by atoms with Crippen LogP contribution in [0.2, 0.25) is 0 Å². The zero-order valence-corrected chi connectivity index (χ0v) is 12.2. The Balaban J connectivity index is 1.50. The SMILES string of the molecule is O=C(CN1CCOCC1)NCC1OCCc2ccccc21. The molecular weight excluding hydrogens is 268 g/mol. The minimum Gasteiger partial charge on any atom is -0.379 e. The van der Waals surface area contributed by atoms with Crippen molar-refractivity contribution in [3.8, 4) is 0 Å². The zero-order chi connectivity index (χ0) is 14.5. The standard InChI is InChI=1S/C16H22N2O3/c19-16(12-18-6-9-20-10-7-18)17-11-15-14-4-2-1-3-13(14)5-8-21-15/h1-4,15H,5-12H2,(H,17,19). The molecule has 2 aliphatic heterocycles. The third-order valence-electron chi connectivity index (χ3n) is 4.05. The third kappa shape index (κ3) is 3.81. The largest absolute Gasteiger partial charge is 0.379 e. The molecule has 5 nitrogen and oxygen atoms in total. The van der Waals surface area contributed by atoms with E-state index in [1.165, 1.54) is 11.1 Å². The Kier molecular flexibility index (Phi) is 4.85. The Morgan fingerprint density at radius 1 is 1.24 bits per heavy atom. The molecule has 0 bridgehead atoms. The Morgan fingerprint density at radius 3 is 2.90 bits per heavy atom. The van der Waals surface area contributed by atoms with Gasteiger partial charge in [0.1, 0.15) is 6.10 Å². The molecule has 1 saturated heterocycles. The fourth-order valence-corrected chi connectivity index (χ4v) is 2.87. The zero-order valence-electron chi connectivity index (χ0n) is 12.2. The number of ether oxygens (including phenoxy) is 2. The van der Waals surface area contributed by atoms with E-state index in [4.69, 9.17) is 9.47 Å². The Morgan fingerprint density at radius 2 is 2.05 bits per heavy atom. The number of nitrogens with one attached hydrogen (secondary N) is 1. The van der Waals surface area contributed by atoms with E-state index in [0.717, 1.165) is 26.1 Å². The van der Waals surface area contributed by atoms with Crippen LogP contribution >= 0.6 is 0 Å². The summed E-state index contributed by atoms with van der Waals surface area (Å²) in [6.45, 7) is 4.80. The maximum atomic E-state index is 12.0. The number of nitrogens with zero attached hydrogens (tertiary/aromatic N) is 1. The van der Waals surface area contributed by atoms with Crippen LogP contribution in [0.5, 0.6) is 0 Å². The lowest BCUT2D eigenvalue weighted by molar-refractivity contribution is -0.124. The van der Waals surface area contributed by atoms with Gasteiger partial charge in [0.25, 0.3) is 0 Å². The van der Waals surface area contributed by atoms with E-state index in [1.54, 1.807) is 0 Å². The van der Waals surface area contributed by atoms with Crippen molar-refractivity contribution < 1.29 is 14.3 Å². The van der Waals surface area contributed by atoms with Gasteiger partial charge in [-0.3, -0.25) is 9.69 Å². The van der Waals surface area contributed by atoms with Crippen molar-refractivity contribution in [1.82, 2.24) is 10.2 Å². The van der Waals surface area contributed by atoms with Crippen molar-refractivity contribution in [1.29, 1.82) is 0 Å². The first-order chi connectivity index (χ1) is 10.3. The number of rotatable bonds is 4. The summed E-state index contributed by atoms with van der Waals surface area (Å²) in [5, 5.41) is 2.99. The number of benzene rings is 1. The Labute approximate surface area is 125 Å². The summed E-state index contributed by atoms with van der Waals surface area (Å²) in [7, 11) is 0. The van der Waals surface area contributed by atoms with E-state index in [9.17, 15) is 4.79 Å². The number of fused-ring (bicyclic) bond motifs is 1. The third-order valence-corrected chi connectivity index (χ3v) is 4.05. The molecule has 1 aromatic rings. The highest BCUT2D eigenvalue weighted by atomic mass is 16.5. The number of carbonyl (C=O) groups is 1. The Hall–Kier alpha value is -1.43. The molecule has 2 heterocycles.